The molecule has 19 heavy (non-hydrogen) atoms. The number of methoxy groups -OCH3 is 2. The van der Waals surface area contributed by atoms with Crippen molar-refractivity contribution >= 4 is 49.3 Å². The number of rotatable bonds is 4. The maximum atomic E-state index is 5.45. The van der Waals surface area contributed by atoms with Crippen LogP contribution in [0, 0.1) is 0 Å². The summed E-state index contributed by atoms with van der Waals surface area (Å²) in [5.41, 5.74) is 2.04. The molecule has 1 aromatic heterocycles. The van der Waals surface area contributed by atoms with Crippen molar-refractivity contribution in [1.29, 1.82) is 0 Å². The number of hydrogen-bond acceptors (Lipinski definition) is 3. The molecular formula is C14H12Br2O2S. The molecule has 0 atom stereocenters. The van der Waals surface area contributed by atoms with Gasteiger partial charge in [-0.05, 0) is 55.4 Å². The third kappa shape index (κ3) is 3.41. The standard InChI is InChI=1S/C14H12Br2O2S/c1-17-11-8-12(18-2)10(13-4-3-5-19-13)6-9(11)7-14(15)16/h3-8H,1-2H3. The lowest BCUT2D eigenvalue weighted by molar-refractivity contribution is 0.395. The highest BCUT2D eigenvalue weighted by molar-refractivity contribution is 9.28. The van der Waals surface area contributed by atoms with Crippen molar-refractivity contribution in [1.82, 2.24) is 0 Å². The average Bonchev–Trinajstić information content (AvgIpc) is 2.91. The monoisotopic (exact) mass is 402 g/mol. The fourth-order valence-electron chi connectivity index (χ4n) is 1.78. The van der Waals surface area contributed by atoms with E-state index in [0.717, 1.165) is 26.0 Å². The van der Waals surface area contributed by atoms with Crippen LogP contribution in [0.5, 0.6) is 11.5 Å². The highest BCUT2D eigenvalue weighted by Crippen LogP contribution is 2.39. The Kier molecular flexibility index (Phi) is 5.07. The summed E-state index contributed by atoms with van der Waals surface area (Å²) in [5.74, 6) is 1.58. The number of halogens is 2. The SMILES string of the molecule is COc1cc(OC)c(-c2cccs2)cc1C=C(Br)Br. The molecule has 2 aromatic rings. The predicted molar refractivity (Wildman–Crippen MR) is 88.7 cm³/mol. The molecule has 0 N–H and O–H groups in total. The molecule has 1 aromatic carbocycles. The fraction of sp³-hybridized carbons (Fsp3) is 0.143. The Labute approximate surface area is 133 Å². The third-order valence-electron chi connectivity index (χ3n) is 2.60. The van der Waals surface area contributed by atoms with Crippen LogP contribution in [-0.4, -0.2) is 14.2 Å². The summed E-state index contributed by atoms with van der Waals surface area (Å²) >= 11 is 8.44. The van der Waals surface area contributed by atoms with Crippen LogP contribution in [0.25, 0.3) is 16.5 Å². The van der Waals surface area contributed by atoms with Gasteiger partial charge in [0.1, 0.15) is 11.5 Å². The van der Waals surface area contributed by atoms with Gasteiger partial charge in [-0.2, -0.15) is 0 Å². The van der Waals surface area contributed by atoms with E-state index in [-0.39, 0.29) is 0 Å². The first-order valence-corrected chi connectivity index (χ1v) is 7.95. The zero-order valence-electron chi connectivity index (χ0n) is 10.4. The zero-order valence-corrected chi connectivity index (χ0v) is 14.4. The van der Waals surface area contributed by atoms with Crippen molar-refractivity contribution in [3.05, 3.63) is 38.6 Å². The molecule has 0 aliphatic heterocycles. The topological polar surface area (TPSA) is 18.5 Å². The summed E-state index contributed by atoms with van der Waals surface area (Å²) in [6, 6.07) is 8.07. The van der Waals surface area contributed by atoms with Crippen LogP contribution in [-0.2, 0) is 0 Å². The summed E-state index contributed by atoms with van der Waals surface area (Å²) in [5, 5.41) is 2.05. The van der Waals surface area contributed by atoms with Gasteiger partial charge < -0.3 is 9.47 Å². The van der Waals surface area contributed by atoms with E-state index in [1.807, 2.05) is 18.2 Å². The van der Waals surface area contributed by atoms with Crippen LogP contribution >= 0.6 is 43.2 Å². The Morgan fingerprint density at radius 3 is 2.42 bits per heavy atom. The van der Waals surface area contributed by atoms with Crippen molar-refractivity contribution in [2.45, 2.75) is 0 Å². The molecule has 0 unspecified atom stereocenters. The van der Waals surface area contributed by atoms with Gasteiger partial charge in [0.15, 0.2) is 0 Å². The maximum Gasteiger partial charge on any atom is 0.131 e. The number of hydrogen-bond donors (Lipinski definition) is 0. The van der Waals surface area contributed by atoms with Crippen LogP contribution in [0.15, 0.2) is 33.0 Å². The first-order chi connectivity index (χ1) is 9.15. The number of benzene rings is 1. The summed E-state index contributed by atoms with van der Waals surface area (Å²) in [6.45, 7) is 0. The zero-order chi connectivity index (χ0) is 13.8. The smallest absolute Gasteiger partial charge is 0.131 e. The van der Waals surface area contributed by atoms with E-state index < -0.39 is 0 Å². The molecule has 0 fully saturated rings. The van der Waals surface area contributed by atoms with E-state index in [1.54, 1.807) is 25.6 Å². The molecule has 100 valence electrons. The Morgan fingerprint density at radius 1 is 1.16 bits per heavy atom. The molecule has 0 aliphatic rings. The van der Waals surface area contributed by atoms with Crippen molar-refractivity contribution in [3.8, 4) is 21.9 Å². The molecule has 1 heterocycles. The molecule has 2 rings (SSSR count). The molecule has 0 saturated heterocycles. The van der Waals surface area contributed by atoms with Gasteiger partial charge in [-0.15, -0.1) is 11.3 Å². The average molecular weight is 404 g/mol. The van der Waals surface area contributed by atoms with E-state index >= 15 is 0 Å². The second-order valence-electron chi connectivity index (χ2n) is 3.71. The minimum absolute atomic E-state index is 0.772. The summed E-state index contributed by atoms with van der Waals surface area (Å²) in [6.07, 6.45) is 1.95. The van der Waals surface area contributed by atoms with Crippen LogP contribution in [0.1, 0.15) is 5.56 Å². The lowest BCUT2D eigenvalue weighted by atomic mass is 10.1. The minimum Gasteiger partial charge on any atom is -0.496 e. The molecule has 0 amide bonds. The summed E-state index contributed by atoms with van der Waals surface area (Å²) in [4.78, 5) is 1.17. The van der Waals surface area contributed by atoms with E-state index in [1.165, 1.54) is 4.88 Å². The van der Waals surface area contributed by atoms with Gasteiger partial charge in [-0.1, -0.05) is 6.07 Å². The van der Waals surface area contributed by atoms with E-state index in [0.29, 0.717) is 0 Å². The van der Waals surface area contributed by atoms with Gasteiger partial charge in [0, 0.05) is 22.1 Å². The Hall–Kier alpha value is -0.780. The van der Waals surface area contributed by atoms with Gasteiger partial charge in [0.2, 0.25) is 0 Å². The van der Waals surface area contributed by atoms with Crippen molar-refractivity contribution in [2.24, 2.45) is 0 Å². The maximum absolute atomic E-state index is 5.45. The van der Waals surface area contributed by atoms with Crippen LogP contribution in [0.3, 0.4) is 0 Å². The molecule has 0 spiro atoms. The van der Waals surface area contributed by atoms with E-state index in [2.05, 4.69) is 49.4 Å². The van der Waals surface area contributed by atoms with Crippen molar-refractivity contribution in [3.63, 3.8) is 0 Å². The van der Waals surface area contributed by atoms with Gasteiger partial charge in [0.25, 0.3) is 0 Å². The second kappa shape index (κ2) is 6.59. The highest BCUT2D eigenvalue weighted by Gasteiger charge is 2.12. The molecule has 0 saturated carbocycles. The van der Waals surface area contributed by atoms with Gasteiger partial charge >= 0.3 is 0 Å². The largest absolute Gasteiger partial charge is 0.496 e. The molecule has 0 bridgehead atoms. The molecular weight excluding hydrogens is 392 g/mol. The number of ether oxygens (including phenoxy) is 2. The summed E-state index contributed by atoms with van der Waals surface area (Å²) in [7, 11) is 3.32. The van der Waals surface area contributed by atoms with E-state index in [9.17, 15) is 0 Å². The Morgan fingerprint density at radius 2 is 1.89 bits per heavy atom. The van der Waals surface area contributed by atoms with Gasteiger partial charge in [-0.3, -0.25) is 0 Å². The minimum atomic E-state index is 0.772. The molecule has 0 aliphatic carbocycles. The molecule has 5 heteroatoms. The first-order valence-electron chi connectivity index (χ1n) is 5.48. The fourth-order valence-corrected chi connectivity index (χ4v) is 3.02. The number of thiophene rings is 1. The van der Waals surface area contributed by atoms with E-state index in [4.69, 9.17) is 9.47 Å². The quantitative estimate of drug-likeness (QED) is 0.668. The first kappa shape index (κ1) is 14.6. The Bertz CT molecular complexity index is 588. The van der Waals surface area contributed by atoms with Crippen molar-refractivity contribution < 1.29 is 9.47 Å². The second-order valence-corrected chi connectivity index (χ2v) is 7.43. The van der Waals surface area contributed by atoms with Gasteiger partial charge in [-0.25, -0.2) is 0 Å². The third-order valence-corrected chi connectivity index (χ3v) is 3.96. The predicted octanol–water partition coefficient (Wildman–Crippen LogP) is 5.52. The molecule has 2 nitrogen and oxygen atoms in total. The van der Waals surface area contributed by atoms with Gasteiger partial charge in [0.05, 0.1) is 17.6 Å². The van der Waals surface area contributed by atoms with Crippen LogP contribution in [0.4, 0.5) is 0 Å². The summed E-state index contributed by atoms with van der Waals surface area (Å²) < 4.78 is 11.7. The lowest BCUT2D eigenvalue weighted by Crippen LogP contribution is -1.92. The molecule has 0 radical (unpaired) electrons. The van der Waals surface area contributed by atoms with Crippen LogP contribution < -0.4 is 9.47 Å². The lowest BCUT2D eigenvalue weighted by Gasteiger charge is -2.12. The normalized spacial score (nSPS) is 10.1. The van der Waals surface area contributed by atoms with Crippen molar-refractivity contribution in [2.75, 3.05) is 14.2 Å². The highest BCUT2D eigenvalue weighted by atomic mass is 79.9. The van der Waals surface area contributed by atoms with Crippen LogP contribution in [0.2, 0.25) is 0 Å². The Balaban J connectivity index is 2.62.